The standard InChI is InChI=1S/C23H27N3O4/c1-16-4-5-19(23(29)30-3)14-21(16)24-22(28)15-25-10-12-26(13-11-25)20-8-6-18(7-9-20)17(2)27/h4-9,14H,10-13,15H2,1-3H3,(H,24,28)/p+1. The predicted molar refractivity (Wildman–Crippen MR) is 115 cm³/mol. The van der Waals surface area contributed by atoms with Gasteiger partial charge in [-0.15, -0.1) is 0 Å². The molecule has 0 unspecified atom stereocenters. The van der Waals surface area contributed by atoms with Crippen LogP contribution in [0.15, 0.2) is 42.5 Å². The minimum absolute atomic E-state index is 0.0641. The number of rotatable bonds is 6. The summed E-state index contributed by atoms with van der Waals surface area (Å²) in [5, 5.41) is 2.92. The van der Waals surface area contributed by atoms with Crippen molar-refractivity contribution in [2.45, 2.75) is 13.8 Å². The molecule has 1 aliphatic heterocycles. The van der Waals surface area contributed by atoms with Crippen LogP contribution >= 0.6 is 0 Å². The van der Waals surface area contributed by atoms with Crippen molar-refractivity contribution < 1.29 is 24.0 Å². The van der Waals surface area contributed by atoms with Gasteiger partial charge < -0.3 is 19.9 Å². The highest BCUT2D eigenvalue weighted by Crippen LogP contribution is 2.18. The van der Waals surface area contributed by atoms with Gasteiger partial charge in [0.2, 0.25) is 0 Å². The van der Waals surface area contributed by atoms with Crippen molar-refractivity contribution >= 4 is 29.0 Å². The Hall–Kier alpha value is -3.19. The molecule has 7 nitrogen and oxygen atoms in total. The first-order valence-corrected chi connectivity index (χ1v) is 10.1. The minimum atomic E-state index is -0.427. The number of methoxy groups -OCH3 is 1. The van der Waals surface area contributed by atoms with E-state index in [-0.39, 0.29) is 11.7 Å². The van der Waals surface area contributed by atoms with Crippen molar-refractivity contribution in [3.05, 3.63) is 59.2 Å². The lowest BCUT2D eigenvalue weighted by Gasteiger charge is -2.33. The number of nitrogens with one attached hydrogen (secondary N) is 2. The fourth-order valence-corrected chi connectivity index (χ4v) is 3.59. The zero-order chi connectivity index (χ0) is 21.7. The van der Waals surface area contributed by atoms with Crippen LogP contribution < -0.4 is 15.1 Å². The van der Waals surface area contributed by atoms with Crippen molar-refractivity contribution in [2.75, 3.05) is 50.1 Å². The molecule has 0 spiro atoms. The van der Waals surface area contributed by atoms with Crippen molar-refractivity contribution in [2.24, 2.45) is 0 Å². The summed E-state index contributed by atoms with van der Waals surface area (Å²) >= 11 is 0. The number of benzene rings is 2. The largest absolute Gasteiger partial charge is 0.465 e. The number of hydrogen-bond donors (Lipinski definition) is 2. The molecule has 0 aromatic heterocycles. The van der Waals surface area contributed by atoms with E-state index in [1.54, 1.807) is 25.1 Å². The number of ether oxygens (including phenoxy) is 1. The minimum Gasteiger partial charge on any atom is -0.465 e. The molecule has 1 fully saturated rings. The fraction of sp³-hybridized carbons (Fsp3) is 0.348. The van der Waals surface area contributed by atoms with E-state index in [9.17, 15) is 14.4 Å². The fourth-order valence-electron chi connectivity index (χ4n) is 3.59. The Balaban J connectivity index is 1.53. The van der Waals surface area contributed by atoms with Crippen molar-refractivity contribution in [1.82, 2.24) is 0 Å². The van der Waals surface area contributed by atoms with Crippen molar-refractivity contribution in [3.63, 3.8) is 0 Å². The SMILES string of the molecule is COC(=O)c1ccc(C)c(NC(=O)C[NH+]2CCN(c3ccc(C(C)=O)cc3)CC2)c1. The van der Waals surface area contributed by atoms with Gasteiger partial charge in [0.05, 0.1) is 38.9 Å². The summed E-state index contributed by atoms with van der Waals surface area (Å²) in [6, 6.07) is 12.8. The molecule has 2 aromatic carbocycles. The summed E-state index contributed by atoms with van der Waals surface area (Å²) < 4.78 is 4.75. The van der Waals surface area contributed by atoms with Crippen LogP contribution in [0.1, 0.15) is 33.2 Å². The summed E-state index contributed by atoms with van der Waals surface area (Å²) in [5.41, 5.74) is 3.75. The number of anilines is 2. The topological polar surface area (TPSA) is 80.2 Å². The van der Waals surface area contributed by atoms with Gasteiger partial charge in [0.1, 0.15) is 0 Å². The highest BCUT2D eigenvalue weighted by atomic mass is 16.5. The number of amides is 1. The van der Waals surface area contributed by atoms with Crippen LogP contribution in [-0.2, 0) is 9.53 Å². The number of nitrogens with zero attached hydrogens (tertiary/aromatic N) is 1. The molecule has 2 aromatic rings. The first-order valence-electron chi connectivity index (χ1n) is 10.1. The van der Waals surface area contributed by atoms with Crippen LogP contribution in [0.2, 0.25) is 0 Å². The molecule has 158 valence electrons. The third-order valence-electron chi connectivity index (χ3n) is 5.45. The van der Waals surface area contributed by atoms with Gasteiger partial charge in [0.15, 0.2) is 12.3 Å². The Morgan fingerprint density at radius 3 is 2.27 bits per heavy atom. The molecular formula is C23H28N3O4+. The molecule has 1 saturated heterocycles. The number of carbonyl (C=O) groups is 3. The van der Waals surface area contributed by atoms with Crippen molar-refractivity contribution in [3.8, 4) is 0 Å². The lowest BCUT2D eigenvalue weighted by Crippen LogP contribution is -3.15. The Morgan fingerprint density at radius 1 is 1.03 bits per heavy atom. The summed E-state index contributed by atoms with van der Waals surface area (Å²) in [6.07, 6.45) is 0. The van der Waals surface area contributed by atoms with E-state index >= 15 is 0 Å². The van der Waals surface area contributed by atoms with E-state index < -0.39 is 5.97 Å². The molecule has 2 N–H and O–H groups in total. The summed E-state index contributed by atoms with van der Waals surface area (Å²) in [5.74, 6) is -0.438. The molecule has 30 heavy (non-hydrogen) atoms. The van der Waals surface area contributed by atoms with E-state index in [0.717, 1.165) is 37.4 Å². The predicted octanol–water partition coefficient (Wildman–Crippen LogP) is 1.33. The van der Waals surface area contributed by atoms with Crippen LogP contribution in [0.25, 0.3) is 0 Å². The molecule has 0 radical (unpaired) electrons. The van der Waals surface area contributed by atoms with Crippen LogP contribution in [0.5, 0.6) is 0 Å². The van der Waals surface area contributed by atoms with Gasteiger partial charge in [0, 0.05) is 16.9 Å². The quantitative estimate of drug-likeness (QED) is 0.555. The summed E-state index contributed by atoms with van der Waals surface area (Å²) in [7, 11) is 1.33. The number of carbonyl (C=O) groups excluding carboxylic acids is 3. The maximum absolute atomic E-state index is 12.5. The second-order valence-electron chi connectivity index (χ2n) is 7.59. The molecule has 0 atom stereocenters. The number of ketones is 1. The van der Waals surface area contributed by atoms with Crippen LogP contribution in [0, 0.1) is 6.92 Å². The Kier molecular flexibility index (Phi) is 6.84. The van der Waals surface area contributed by atoms with Crippen LogP contribution in [-0.4, -0.2) is 57.5 Å². The average Bonchev–Trinajstić information content (AvgIpc) is 2.75. The number of piperazine rings is 1. The highest BCUT2D eigenvalue weighted by molar-refractivity contribution is 5.96. The van der Waals surface area contributed by atoms with Crippen LogP contribution in [0.3, 0.4) is 0 Å². The van der Waals surface area contributed by atoms with Gasteiger partial charge >= 0.3 is 5.97 Å². The molecule has 1 aliphatic rings. The molecule has 0 bridgehead atoms. The Morgan fingerprint density at radius 2 is 1.67 bits per heavy atom. The number of aryl methyl sites for hydroxylation is 1. The maximum Gasteiger partial charge on any atom is 0.337 e. The third-order valence-corrected chi connectivity index (χ3v) is 5.45. The molecule has 0 saturated carbocycles. The van der Waals surface area contributed by atoms with Gasteiger partial charge in [-0.2, -0.15) is 0 Å². The highest BCUT2D eigenvalue weighted by Gasteiger charge is 2.23. The monoisotopic (exact) mass is 410 g/mol. The van der Waals surface area contributed by atoms with Gasteiger partial charge in [0.25, 0.3) is 5.91 Å². The summed E-state index contributed by atoms with van der Waals surface area (Å²) in [6.45, 7) is 7.22. The van der Waals surface area contributed by atoms with Gasteiger partial charge in [-0.05, 0) is 55.8 Å². The first kappa shape index (κ1) is 21.5. The van der Waals surface area contributed by atoms with Gasteiger partial charge in [-0.3, -0.25) is 9.59 Å². The van der Waals surface area contributed by atoms with E-state index in [1.807, 2.05) is 31.2 Å². The van der Waals surface area contributed by atoms with E-state index in [0.29, 0.717) is 23.4 Å². The lowest BCUT2D eigenvalue weighted by molar-refractivity contribution is -0.892. The van der Waals surface area contributed by atoms with Crippen LogP contribution in [0.4, 0.5) is 11.4 Å². The number of esters is 1. The molecule has 3 rings (SSSR count). The zero-order valence-electron chi connectivity index (χ0n) is 17.7. The Labute approximate surface area is 176 Å². The number of Topliss-reactive ketones (excluding diaryl/α,β-unsaturated/α-hetero) is 1. The van der Waals surface area contributed by atoms with E-state index in [1.165, 1.54) is 12.0 Å². The molecule has 0 aliphatic carbocycles. The second kappa shape index (κ2) is 9.54. The Bertz CT molecular complexity index is 932. The maximum atomic E-state index is 12.5. The molecule has 1 heterocycles. The third kappa shape index (κ3) is 5.24. The normalized spacial score (nSPS) is 14.3. The molecule has 1 amide bonds. The lowest BCUT2D eigenvalue weighted by atomic mass is 10.1. The first-order chi connectivity index (χ1) is 14.4. The van der Waals surface area contributed by atoms with Gasteiger partial charge in [-0.25, -0.2) is 4.79 Å². The second-order valence-corrected chi connectivity index (χ2v) is 7.59. The van der Waals surface area contributed by atoms with E-state index in [4.69, 9.17) is 4.74 Å². The molecular weight excluding hydrogens is 382 g/mol. The number of hydrogen-bond acceptors (Lipinski definition) is 5. The zero-order valence-corrected chi connectivity index (χ0v) is 17.7. The number of quaternary nitrogens is 1. The van der Waals surface area contributed by atoms with Crippen molar-refractivity contribution in [1.29, 1.82) is 0 Å². The molecule has 7 heteroatoms. The smallest absolute Gasteiger partial charge is 0.337 e. The van der Waals surface area contributed by atoms with E-state index in [2.05, 4.69) is 10.2 Å². The summed E-state index contributed by atoms with van der Waals surface area (Å²) in [4.78, 5) is 39.2. The average molecular weight is 410 g/mol. The van der Waals surface area contributed by atoms with Gasteiger partial charge in [-0.1, -0.05) is 6.07 Å².